The third-order valence-corrected chi connectivity index (χ3v) is 6.30. The largest absolute Gasteiger partial charge is 0.465 e. The fraction of sp³-hybridized carbons (Fsp3) is 0.391. The van der Waals surface area contributed by atoms with E-state index >= 15 is 0 Å². The Bertz CT molecular complexity index is 1170. The highest BCUT2D eigenvalue weighted by Crippen LogP contribution is 2.32. The lowest BCUT2D eigenvalue weighted by atomic mass is 10.0. The second kappa shape index (κ2) is 8.36. The second-order valence-corrected chi connectivity index (χ2v) is 8.51. The van der Waals surface area contributed by atoms with E-state index in [1.807, 2.05) is 35.8 Å². The maximum Gasteiger partial charge on any atom is 0.407 e. The molecular weight excluding hydrogens is 422 g/mol. The van der Waals surface area contributed by atoms with Gasteiger partial charge in [0.15, 0.2) is 5.82 Å². The van der Waals surface area contributed by atoms with Gasteiger partial charge < -0.3 is 25.4 Å². The predicted octanol–water partition coefficient (Wildman–Crippen LogP) is 2.48. The van der Waals surface area contributed by atoms with E-state index in [4.69, 9.17) is 20.4 Å². The van der Waals surface area contributed by atoms with Crippen LogP contribution in [0.3, 0.4) is 0 Å². The predicted molar refractivity (Wildman–Crippen MR) is 124 cm³/mol. The highest BCUT2D eigenvalue weighted by atomic mass is 16.5. The SMILES string of the molecule is Cc1cnc(N)n1-c1ccc(-c2nc3c(c(N4CCOCC4C)n2)CCN(C(=O)O)C3)cc1. The number of nitrogen functional groups attached to an aromatic ring is 1. The van der Waals surface area contributed by atoms with Gasteiger partial charge in [0.05, 0.1) is 37.7 Å². The Hall–Kier alpha value is -3.66. The number of rotatable bonds is 3. The molecular formula is C23H27N7O3. The number of nitrogens with zero attached hydrogens (tertiary/aromatic N) is 6. The van der Waals surface area contributed by atoms with Crippen molar-refractivity contribution >= 4 is 17.9 Å². The summed E-state index contributed by atoms with van der Waals surface area (Å²) in [6.07, 6.45) is 1.40. The number of imidazole rings is 1. The zero-order valence-corrected chi connectivity index (χ0v) is 18.7. The number of fused-ring (bicyclic) bond motifs is 1. The van der Waals surface area contributed by atoms with Gasteiger partial charge in [-0.2, -0.15) is 0 Å². The van der Waals surface area contributed by atoms with Crippen molar-refractivity contribution in [3.05, 3.63) is 47.4 Å². The number of hydrogen-bond acceptors (Lipinski definition) is 7. The van der Waals surface area contributed by atoms with Crippen LogP contribution < -0.4 is 10.6 Å². The molecule has 0 saturated carbocycles. The Labute approximate surface area is 191 Å². The van der Waals surface area contributed by atoms with Crippen molar-refractivity contribution in [1.82, 2.24) is 24.4 Å². The monoisotopic (exact) mass is 449 g/mol. The standard InChI is InChI=1S/C23H27N7O3/c1-14-11-25-22(24)30(14)17-5-3-16(4-6-17)20-26-19-12-28(23(31)32)8-7-18(19)21(27-20)29-9-10-33-13-15(29)2/h3-6,11,15H,7-10,12-13H2,1-2H3,(H2,24,25)(H,31,32). The topological polar surface area (TPSA) is 123 Å². The Morgan fingerprint density at radius 2 is 2.00 bits per heavy atom. The van der Waals surface area contributed by atoms with E-state index in [2.05, 4.69) is 16.8 Å². The molecule has 0 aliphatic carbocycles. The van der Waals surface area contributed by atoms with Crippen LogP contribution in [-0.2, 0) is 17.7 Å². The van der Waals surface area contributed by atoms with Crippen LogP contribution in [0, 0.1) is 6.92 Å². The smallest absolute Gasteiger partial charge is 0.407 e. The number of carbonyl (C=O) groups is 1. The Balaban J connectivity index is 1.56. The quantitative estimate of drug-likeness (QED) is 0.625. The number of anilines is 2. The summed E-state index contributed by atoms with van der Waals surface area (Å²) in [5.41, 5.74) is 10.5. The third-order valence-electron chi connectivity index (χ3n) is 6.30. The molecule has 10 heteroatoms. The van der Waals surface area contributed by atoms with E-state index < -0.39 is 6.09 Å². The molecule has 5 rings (SSSR count). The minimum absolute atomic E-state index is 0.178. The fourth-order valence-corrected chi connectivity index (χ4v) is 4.53. The fourth-order valence-electron chi connectivity index (χ4n) is 4.53. The van der Waals surface area contributed by atoms with Gasteiger partial charge >= 0.3 is 6.09 Å². The number of hydrogen-bond donors (Lipinski definition) is 2. The van der Waals surface area contributed by atoms with Crippen molar-refractivity contribution in [2.45, 2.75) is 32.9 Å². The maximum absolute atomic E-state index is 11.6. The van der Waals surface area contributed by atoms with Gasteiger partial charge in [-0.15, -0.1) is 0 Å². The molecule has 1 atom stereocenters. The molecule has 3 N–H and O–H groups in total. The van der Waals surface area contributed by atoms with E-state index in [1.54, 1.807) is 6.20 Å². The van der Waals surface area contributed by atoms with Crippen molar-refractivity contribution in [3.8, 4) is 17.1 Å². The second-order valence-electron chi connectivity index (χ2n) is 8.51. The summed E-state index contributed by atoms with van der Waals surface area (Å²) >= 11 is 0. The molecule has 0 bridgehead atoms. The lowest BCUT2D eigenvalue weighted by Crippen LogP contribution is -2.45. The Morgan fingerprint density at radius 1 is 1.21 bits per heavy atom. The number of nitrogens with two attached hydrogens (primary N) is 1. The van der Waals surface area contributed by atoms with Crippen molar-refractivity contribution in [2.75, 3.05) is 36.9 Å². The number of ether oxygens (including phenoxy) is 1. The summed E-state index contributed by atoms with van der Waals surface area (Å²) in [5.74, 6) is 1.90. The molecule has 0 radical (unpaired) electrons. The first kappa shape index (κ1) is 21.2. The van der Waals surface area contributed by atoms with E-state index in [-0.39, 0.29) is 12.6 Å². The molecule has 1 fully saturated rings. The van der Waals surface area contributed by atoms with Gasteiger partial charge in [-0.05, 0) is 44.5 Å². The lowest BCUT2D eigenvalue weighted by molar-refractivity contribution is 0.0983. The molecule has 2 aliphatic heterocycles. The number of aromatic nitrogens is 4. The van der Waals surface area contributed by atoms with Crippen molar-refractivity contribution in [3.63, 3.8) is 0 Å². The van der Waals surface area contributed by atoms with E-state index in [1.165, 1.54) is 4.90 Å². The molecule has 1 amide bonds. The van der Waals surface area contributed by atoms with Crippen molar-refractivity contribution in [1.29, 1.82) is 0 Å². The molecule has 1 aromatic carbocycles. The molecule has 10 nitrogen and oxygen atoms in total. The zero-order valence-electron chi connectivity index (χ0n) is 18.7. The van der Waals surface area contributed by atoms with Gasteiger partial charge in [0, 0.05) is 35.6 Å². The molecule has 2 aliphatic rings. The lowest BCUT2D eigenvalue weighted by Gasteiger charge is -2.37. The van der Waals surface area contributed by atoms with E-state index in [9.17, 15) is 9.90 Å². The Kier molecular flexibility index (Phi) is 5.37. The van der Waals surface area contributed by atoms with Crippen molar-refractivity contribution in [2.24, 2.45) is 0 Å². The summed E-state index contributed by atoms with van der Waals surface area (Å²) < 4.78 is 7.50. The normalized spacial score (nSPS) is 18.3. The molecule has 0 spiro atoms. The molecule has 3 aromatic rings. The summed E-state index contributed by atoms with van der Waals surface area (Å²) in [4.78, 5) is 29.2. The van der Waals surface area contributed by atoms with Crippen LogP contribution in [0.2, 0.25) is 0 Å². The number of morpholine rings is 1. The van der Waals surface area contributed by atoms with Gasteiger partial charge in [0.2, 0.25) is 5.95 Å². The maximum atomic E-state index is 11.6. The highest BCUT2D eigenvalue weighted by Gasteiger charge is 2.30. The summed E-state index contributed by atoms with van der Waals surface area (Å²) in [6.45, 7) is 6.78. The molecule has 33 heavy (non-hydrogen) atoms. The number of aryl methyl sites for hydroxylation is 1. The van der Waals surface area contributed by atoms with Crippen LogP contribution in [-0.4, -0.2) is 68.0 Å². The number of amides is 1. The average molecular weight is 450 g/mol. The summed E-state index contributed by atoms with van der Waals surface area (Å²) in [7, 11) is 0. The first-order chi connectivity index (χ1) is 15.9. The van der Waals surface area contributed by atoms with Crippen LogP contribution in [0.15, 0.2) is 30.5 Å². The van der Waals surface area contributed by atoms with Gasteiger partial charge in [0.1, 0.15) is 5.82 Å². The van der Waals surface area contributed by atoms with Gasteiger partial charge in [-0.1, -0.05) is 0 Å². The van der Waals surface area contributed by atoms with E-state index in [0.29, 0.717) is 38.0 Å². The number of benzene rings is 1. The first-order valence-corrected chi connectivity index (χ1v) is 11.0. The minimum Gasteiger partial charge on any atom is -0.465 e. The van der Waals surface area contributed by atoms with Crippen LogP contribution >= 0.6 is 0 Å². The molecule has 2 aromatic heterocycles. The molecule has 172 valence electrons. The van der Waals surface area contributed by atoms with Crippen LogP contribution in [0.1, 0.15) is 23.9 Å². The van der Waals surface area contributed by atoms with Crippen LogP contribution in [0.25, 0.3) is 17.1 Å². The first-order valence-electron chi connectivity index (χ1n) is 11.0. The Morgan fingerprint density at radius 3 is 2.67 bits per heavy atom. The summed E-state index contributed by atoms with van der Waals surface area (Å²) in [6, 6.07) is 8.02. The van der Waals surface area contributed by atoms with Crippen LogP contribution in [0.5, 0.6) is 0 Å². The third kappa shape index (κ3) is 3.86. The zero-order chi connectivity index (χ0) is 23.1. The van der Waals surface area contributed by atoms with Gasteiger partial charge in [0.25, 0.3) is 0 Å². The van der Waals surface area contributed by atoms with Gasteiger partial charge in [-0.25, -0.2) is 19.7 Å². The van der Waals surface area contributed by atoms with Gasteiger partial charge in [-0.3, -0.25) is 4.57 Å². The number of carboxylic acid groups (broad SMARTS) is 1. The van der Waals surface area contributed by atoms with E-state index in [0.717, 1.165) is 40.6 Å². The summed E-state index contributed by atoms with van der Waals surface area (Å²) in [5, 5.41) is 9.51. The molecule has 1 unspecified atom stereocenters. The minimum atomic E-state index is -0.931. The molecule has 4 heterocycles. The van der Waals surface area contributed by atoms with Crippen LogP contribution in [0.4, 0.5) is 16.6 Å². The average Bonchev–Trinajstić information content (AvgIpc) is 3.16. The molecule has 1 saturated heterocycles. The van der Waals surface area contributed by atoms with Crippen molar-refractivity contribution < 1.29 is 14.6 Å². The highest BCUT2D eigenvalue weighted by molar-refractivity contribution is 5.67.